The van der Waals surface area contributed by atoms with Gasteiger partial charge in [-0.2, -0.15) is 0 Å². The molecule has 1 saturated heterocycles. The van der Waals surface area contributed by atoms with Crippen LogP contribution in [0.5, 0.6) is 0 Å². The largest absolute Gasteiger partial charge is 0.458 e. The summed E-state index contributed by atoms with van der Waals surface area (Å²) in [6, 6.07) is 16.5. The van der Waals surface area contributed by atoms with Gasteiger partial charge >= 0.3 is 5.97 Å². The number of amides is 6. The van der Waals surface area contributed by atoms with Gasteiger partial charge < -0.3 is 60.7 Å². The summed E-state index contributed by atoms with van der Waals surface area (Å²) >= 11 is 0. The summed E-state index contributed by atoms with van der Waals surface area (Å²) in [4.78, 5) is 118. The van der Waals surface area contributed by atoms with E-state index < -0.39 is 52.8 Å². The van der Waals surface area contributed by atoms with Gasteiger partial charge in [0.2, 0.25) is 35.4 Å². The number of nitrogens with two attached hydrogens (primary N) is 1. The van der Waals surface area contributed by atoms with Crippen LogP contribution in [0, 0.1) is 36.9 Å². The number of halogens is 1. The fourth-order valence-corrected chi connectivity index (χ4v) is 14.6. The van der Waals surface area contributed by atoms with Gasteiger partial charge in [-0.05, 0) is 130 Å². The van der Waals surface area contributed by atoms with Gasteiger partial charge in [0.05, 0.1) is 79.8 Å². The van der Waals surface area contributed by atoms with Crippen molar-refractivity contribution < 1.29 is 57.3 Å². The molecule has 0 bridgehead atoms. The molecule has 7 N–H and O–H groups in total. The second kappa shape index (κ2) is 29.9. The number of fused-ring (bicyclic) bond motifs is 10. The highest BCUT2D eigenvalue weighted by Crippen LogP contribution is 2.47. The molecule has 3 unspecified atom stereocenters. The van der Waals surface area contributed by atoms with E-state index >= 15 is 4.39 Å². The van der Waals surface area contributed by atoms with Gasteiger partial charge in [-0.3, -0.25) is 33.6 Å². The van der Waals surface area contributed by atoms with Crippen LogP contribution in [0.25, 0.3) is 44.8 Å². The van der Waals surface area contributed by atoms with Crippen LogP contribution in [0.4, 0.5) is 10.1 Å². The van der Waals surface area contributed by atoms with Crippen LogP contribution in [0.2, 0.25) is 0 Å². The first-order valence-corrected chi connectivity index (χ1v) is 34.1. The lowest BCUT2D eigenvalue weighted by atomic mass is 9.65. The number of pyridine rings is 2. The Morgan fingerprint density at radius 1 is 0.814 bits per heavy atom. The number of anilines is 1. The van der Waals surface area contributed by atoms with Crippen molar-refractivity contribution in [2.75, 3.05) is 57.5 Å². The maximum Gasteiger partial charge on any atom is 0.343 e. The van der Waals surface area contributed by atoms with Crippen LogP contribution in [-0.4, -0.2) is 141 Å². The first-order valence-electron chi connectivity index (χ1n) is 34.1. The Morgan fingerprint density at radius 2 is 1.53 bits per heavy atom. The number of hydrogen-bond donors (Lipinski definition) is 6. The number of rotatable bonds is 25. The minimum Gasteiger partial charge on any atom is -0.458 e. The molecule has 516 valence electrons. The minimum atomic E-state index is -2.06. The van der Waals surface area contributed by atoms with Gasteiger partial charge in [0.15, 0.2) is 5.60 Å². The van der Waals surface area contributed by atoms with E-state index in [9.17, 15) is 43.5 Å². The maximum absolute atomic E-state index is 15.5. The van der Waals surface area contributed by atoms with Crippen molar-refractivity contribution in [2.45, 2.75) is 162 Å². The SMILES string of the molecule is CCC1(O)C(=O)OCc2c1cc1n(c2=O)Cc2c-1nc1cc(F)c(C)c(C)c1c2CNC(=O)C(CCCCN)NC(=O)C(NC(=O)CCOCCOCCC(=O)N1CCC2(CCC(C(=O)NCCC(=O)N3Cc4ccccc4-c4nnn(C)c4-c4ccccc43)CC2)CC1)C(C)C. The first-order chi connectivity index (χ1) is 46.6. The third kappa shape index (κ3) is 14.5. The van der Waals surface area contributed by atoms with Gasteiger partial charge in [-0.1, -0.05) is 68.4 Å². The lowest BCUT2D eigenvalue weighted by molar-refractivity contribution is -0.172. The van der Waals surface area contributed by atoms with Gasteiger partial charge in [-0.25, -0.2) is 18.9 Å². The second-order valence-electron chi connectivity index (χ2n) is 26.9. The van der Waals surface area contributed by atoms with E-state index in [-0.39, 0.29) is 136 Å². The Morgan fingerprint density at radius 3 is 2.25 bits per heavy atom. The number of aryl methyl sites for hydroxylation is 2. The topological polar surface area (TPSA) is 314 Å². The highest BCUT2D eigenvalue weighted by molar-refractivity contribution is 6.01. The zero-order valence-electron chi connectivity index (χ0n) is 56.3. The number of hydrogen-bond acceptors (Lipinski definition) is 16. The molecule has 5 aliphatic rings. The molecule has 6 aromatic rings. The number of unbranched alkanes of at least 4 members (excludes halogenated alkanes) is 1. The molecular weight excluding hydrogens is 1240 g/mol. The summed E-state index contributed by atoms with van der Waals surface area (Å²) in [6.45, 7) is 11.1. The van der Waals surface area contributed by atoms with Crippen LogP contribution in [0.1, 0.15) is 143 Å². The summed E-state index contributed by atoms with van der Waals surface area (Å²) in [5.74, 6) is -3.48. The van der Waals surface area contributed by atoms with Crippen molar-refractivity contribution in [2.24, 2.45) is 30.0 Å². The third-order valence-electron chi connectivity index (χ3n) is 20.6. The van der Waals surface area contributed by atoms with Gasteiger partial charge in [-0.15, -0.1) is 5.10 Å². The Bertz CT molecular complexity index is 4080. The molecule has 24 nitrogen and oxygen atoms in total. The number of carbonyl (C=O) groups is 7. The van der Waals surface area contributed by atoms with E-state index in [0.717, 1.165) is 72.3 Å². The van der Waals surface area contributed by atoms with Crippen molar-refractivity contribution in [3.63, 3.8) is 0 Å². The number of aliphatic hydroxyl groups is 1. The van der Waals surface area contributed by atoms with Crippen LogP contribution >= 0.6 is 0 Å². The molecule has 11 rings (SSSR count). The van der Waals surface area contributed by atoms with Gasteiger partial charge in [0.1, 0.15) is 30.2 Å². The molecule has 4 aliphatic heterocycles. The van der Waals surface area contributed by atoms with Crippen molar-refractivity contribution in [3.05, 3.63) is 116 Å². The number of nitrogens with zero attached hydrogens (tertiary/aromatic N) is 7. The number of benzene rings is 3. The Labute approximate surface area is 562 Å². The molecule has 1 spiro atoms. The molecule has 0 radical (unpaired) electrons. The first kappa shape index (κ1) is 69.6. The van der Waals surface area contributed by atoms with Gasteiger partial charge in [0, 0.05) is 85.7 Å². The predicted molar refractivity (Wildman–Crippen MR) is 359 cm³/mol. The standard InChI is InChI=1S/C72H89FN12O12/c1-7-72(94)52-36-57-63-50(40-85(57)69(92)51(52)41-97-70(72)93)49(61-44(5)43(4)53(73)37-55(61)77-63)38-76-67(90)54(17-12-13-28-74)78-68(91)62(42(2)3)79-58(86)22-32-95-34-35-96-33-23-59(87)83-30-26-71(27-31-83)24-19-45(20-25-71)66(89)75-29-21-60(88)84-39-46-14-8-9-15-47(46)64-65(82(6)81-80-64)48-16-10-11-18-56(48)84/h8-11,14-16,18,36-37,42,45,54,62,94H,7,12-13,17,19-35,38-41,74H2,1-6H3,(H,75,89)(H,76,90)(H,78,91)(H,79,86). The number of para-hydroxylation sites is 1. The fourth-order valence-electron chi connectivity index (χ4n) is 14.6. The number of carbonyl (C=O) groups excluding carboxylic acids is 7. The fraction of sp³-hybridized carbons (Fsp3) is 0.514. The zero-order valence-corrected chi connectivity index (χ0v) is 56.3. The summed E-state index contributed by atoms with van der Waals surface area (Å²) in [6.07, 6.45) is 6.62. The van der Waals surface area contributed by atoms with E-state index in [1.807, 2.05) is 60.5 Å². The molecule has 1 aliphatic carbocycles. The monoisotopic (exact) mass is 1330 g/mol. The summed E-state index contributed by atoms with van der Waals surface area (Å²) in [5, 5.41) is 32.6. The van der Waals surface area contributed by atoms with Gasteiger partial charge in [0.25, 0.3) is 5.56 Å². The highest BCUT2D eigenvalue weighted by Gasteiger charge is 2.46. The predicted octanol–water partition coefficient (Wildman–Crippen LogP) is 6.33. The van der Waals surface area contributed by atoms with Crippen molar-refractivity contribution in [3.8, 4) is 33.9 Å². The summed E-state index contributed by atoms with van der Waals surface area (Å²) in [5.41, 5.74) is 11.8. The smallest absolute Gasteiger partial charge is 0.343 e. The number of nitrogens with one attached hydrogen (secondary N) is 4. The molecule has 3 aromatic carbocycles. The summed E-state index contributed by atoms with van der Waals surface area (Å²) < 4.78 is 35.4. The number of likely N-dealkylation sites (tertiary alicyclic amines) is 1. The van der Waals surface area contributed by atoms with Crippen molar-refractivity contribution >= 4 is 58.0 Å². The van der Waals surface area contributed by atoms with E-state index in [4.69, 9.17) is 24.9 Å². The lowest BCUT2D eigenvalue weighted by Gasteiger charge is -2.45. The second-order valence-corrected chi connectivity index (χ2v) is 26.9. The molecule has 97 heavy (non-hydrogen) atoms. The van der Waals surface area contributed by atoms with E-state index in [2.05, 4.69) is 31.6 Å². The Kier molecular flexibility index (Phi) is 21.5. The summed E-state index contributed by atoms with van der Waals surface area (Å²) in [7, 11) is 1.85. The number of cyclic esters (lactones) is 1. The van der Waals surface area contributed by atoms with Crippen molar-refractivity contribution in [1.82, 2.24) is 50.7 Å². The van der Waals surface area contributed by atoms with E-state index in [1.165, 1.54) is 10.6 Å². The lowest BCUT2D eigenvalue weighted by Crippen LogP contribution is -2.55. The average molecular weight is 1330 g/mol. The van der Waals surface area contributed by atoms with Crippen LogP contribution in [0.15, 0.2) is 65.5 Å². The highest BCUT2D eigenvalue weighted by atomic mass is 19.1. The van der Waals surface area contributed by atoms with E-state index in [0.29, 0.717) is 78.0 Å². The zero-order chi connectivity index (χ0) is 68.9. The molecule has 25 heteroatoms. The molecule has 7 heterocycles. The molecule has 2 fully saturated rings. The molecule has 6 amide bonds. The molecular formula is C72H89FN12O12. The number of aromatic nitrogens is 5. The number of piperidine rings is 1. The minimum absolute atomic E-state index is 0.0184. The molecule has 1 saturated carbocycles. The quantitative estimate of drug-likeness (QED) is 0.0269. The number of esters is 1. The van der Waals surface area contributed by atoms with Crippen LogP contribution < -0.4 is 37.5 Å². The maximum atomic E-state index is 15.5. The van der Waals surface area contributed by atoms with Crippen molar-refractivity contribution in [1.29, 1.82) is 0 Å². The Balaban J connectivity index is 0.592. The normalized spacial score (nSPS) is 17.6. The Hall–Kier alpha value is -8.78. The molecule has 3 aromatic heterocycles. The number of ether oxygens (including phenoxy) is 3. The third-order valence-corrected chi connectivity index (χ3v) is 20.6. The average Bonchev–Trinajstić information content (AvgIpc) is 1.61. The van der Waals surface area contributed by atoms with Crippen LogP contribution in [0.3, 0.4) is 0 Å². The van der Waals surface area contributed by atoms with Crippen LogP contribution in [-0.2, 0) is 86.7 Å². The molecule has 3 atom stereocenters. The van der Waals surface area contributed by atoms with E-state index in [1.54, 1.807) is 50.3 Å².